The maximum Gasteiger partial charge on any atom is 0.167 e. The Morgan fingerprint density at radius 3 is 2.80 bits per heavy atom. The lowest BCUT2D eigenvalue weighted by atomic mass is 10.1. The van der Waals surface area contributed by atoms with E-state index < -0.39 is 0 Å². The van der Waals surface area contributed by atoms with Crippen molar-refractivity contribution in [1.82, 2.24) is 15.2 Å². The van der Waals surface area contributed by atoms with Crippen LogP contribution in [0, 0.1) is 0 Å². The van der Waals surface area contributed by atoms with E-state index in [9.17, 15) is 0 Å². The molecule has 0 aliphatic carbocycles. The van der Waals surface area contributed by atoms with Crippen LogP contribution in [0.5, 0.6) is 5.75 Å². The van der Waals surface area contributed by atoms with Gasteiger partial charge >= 0.3 is 0 Å². The van der Waals surface area contributed by atoms with Crippen LogP contribution in [0.3, 0.4) is 0 Å². The summed E-state index contributed by atoms with van der Waals surface area (Å²) in [5.41, 5.74) is 8.41. The van der Waals surface area contributed by atoms with Crippen LogP contribution in [0.4, 0.5) is 5.69 Å². The van der Waals surface area contributed by atoms with Crippen molar-refractivity contribution in [3.8, 4) is 5.75 Å². The Morgan fingerprint density at radius 1 is 1.16 bits per heavy atom. The third kappa shape index (κ3) is 4.81. The molecule has 0 spiro atoms. The first-order valence-corrected chi connectivity index (χ1v) is 8.33. The second-order valence-corrected chi connectivity index (χ2v) is 5.85. The van der Waals surface area contributed by atoms with Crippen molar-refractivity contribution in [1.29, 1.82) is 0 Å². The van der Waals surface area contributed by atoms with Crippen LogP contribution in [-0.2, 0) is 12.8 Å². The molecule has 0 bridgehead atoms. The fourth-order valence-electron chi connectivity index (χ4n) is 2.61. The highest BCUT2D eigenvalue weighted by atomic mass is 16.5. The first kappa shape index (κ1) is 17.0. The summed E-state index contributed by atoms with van der Waals surface area (Å²) in [7, 11) is 1.66. The van der Waals surface area contributed by atoms with Crippen molar-refractivity contribution in [3.63, 3.8) is 0 Å². The Balaban J connectivity index is 1.51. The molecule has 25 heavy (non-hydrogen) atoms. The largest absolute Gasteiger partial charge is 0.497 e. The van der Waals surface area contributed by atoms with Crippen molar-refractivity contribution >= 4 is 5.69 Å². The van der Waals surface area contributed by atoms with Gasteiger partial charge in [-0.05, 0) is 24.1 Å². The number of methoxy groups -OCH3 is 1. The average molecular weight is 337 g/mol. The van der Waals surface area contributed by atoms with E-state index in [1.165, 1.54) is 5.56 Å². The molecule has 3 aromatic rings. The van der Waals surface area contributed by atoms with Gasteiger partial charge in [-0.15, -0.1) is 0 Å². The summed E-state index contributed by atoms with van der Waals surface area (Å²) in [5.74, 6) is 2.31. The van der Waals surface area contributed by atoms with Crippen LogP contribution in [0.15, 0.2) is 54.6 Å². The average Bonchev–Trinajstić information content (AvgIpc) is 3.12. The molecule has 2 aromatic carbocycles. The minimum Gasteiger partial charge on any atom is -0.497 e. The molecule has 6 nitrogen and oxygen atoms in total. The Kier molecular flexibility index (Phi) is 5.64. The molecule has 3 rings (SSSR count). The van der Waals surface area contributed by atoms with Gasteiger partial charge in [0.05, 0.1) is 13.2 Å². The summed E-state index contributed by atoms with van der Waals surface area (Å²) in [6.07, 6.45) is 1.46. The van der Waals surface area contributed by atoms with Gasteiger partial charge in [0.25, 0.3) is 0 Å². The lowest BCUT2D eigenvalue weighted by Crippen LogP contribution is -2.15. The summed E-state index contributed by atoms with van der Waals surface area (Å²) in [5, 5.41) is 10.6. The highest BCUT2D eigenvalue weighted by Crippen LogP contribution is 2.16. The second-order valence-electron chi connectivity index (χ2n) is 5.85. The maximum atomic E-state index is 6.22. The quantitative estimate of drug-likeness (QED) is 0.588. The standard InChI is InChI=1S/C19H23N5O/c1-25-16-9-5-8-15(13-16)21-11-10-18-22-19(24-23-18)17(20)12-14-6-3-2-4-7-14/h2-9,13,17,21H,10-12,20H2,1H3,(H,22,23,24)/t17-/m1/s1. The van der Waals surface area contributed by atoms with Gasteiger partial charge in [-0.2, -0.15) is 5.10 Å². The molecule has 6 heteroatoms. The number of aromatic amines is 1. The predicted octanol–water partition coefficient (Wildman–Crippen LogP) is 2.71. The Bertz CT molecular complexity index is 787. The number of nitrogens with two attached hydrogens (primary N) is 1. The van der Waals surface area contributed by atoms with Crippen LogP contribution in [-0.4, -0.2) is 28.8 Å². The number of ether oxygens (including phenoxy) is 1. The molecule has 4 N–H and O–H groups in total. The van der Waals surface area contributed by atoms with E-state index in [1.807, 2.05) is 42.5 Å². The van der Waals surface area contributed by atoms with Crippen molar-refractivity contribution < 1.29 is 4.74 Å². The summed E-state index contributed by atoms with van der Waals surface area (Å²) in [6, 6.07) is 17.8. The maximum absolute atomic E-state index is 6.22. The van der Waals surface area contributed by atoms with Crippen molar-refractivity contribution in [2.75, 3.05) is 19.0 Å². The molecule has 0 aliphatic rings. The minimum absolute atomic E-state index is 0.209. The molecule has 0 aliphatic heterocycles. The number of nitrogens with one attached hydrogen (secondary N) is 2. The van der Waals surface area contributed by atoms with Gasteiger partial charge in [0.15, 0.2) is 5.82 Å². The first-order chi connectivity index (χ1) is 12.2. The number of aromatic nitrogens is 3. The normalized spacial score (nSPS) is 11.9. The third-order valence-electron chi connectivity index (χ3n) is 3.94. The molecular weight excluding hydrogens is 314 g/mol. The number of anilines is 1. The Morgan fingerprint density at radius 2 is 2.00 bits per heavy atom. The van der Waals surface area contributed by atoms with Crippen LogP contribution in [0.2, 0.25) is 0 Å². The van der Waals surface area contributed by atoms with Crippen LogP contribution >= 0.6 is 0 Å². The Labute approximate surface area is 147 Å². The summed E-state index contributed by atoms with van der Waals surface area (Å²) < 4.78 is 5.22. The molecule has 0 unspecified atom stereocenters. The highest BCUT2D eigenvalue weighted by Gasteiger charge is 2.12. The van der Waals surface area contributed by atoms with Gasteiger partial charge in [-0.3, -0.25) is 5.10 Å². The van der Waals surface area contributed by atoms with E-state index in [-0.39, 0.29) is 6.04 Å². The van der Waals surface area contributed by atoms with E-state index in [1.54, 1.807) is 7.11 Å². The fourth-order valence-corrected chi connectivity index (χ4v) is 2.61. The van der Waals surface area contributed by atoms with E-state index in [4.69, 9.17) is 10.5 Å². The number of hydrogen-bond donors (Lipinski definition) is 3. The number of nitrogens with zero attached hydrogens (tertiary/aromatic N) is 2. The van der Waals surface area contributed by atoms with E-state index in [0.717, 1.165) is 36.6 Å². The number of rotatable bonds is 8. The van der Waals surface area contributed by atoms with Gasteiger partial charge in [0, 0.05) is 24.7 Å². The molecular formula is C19H23N5O. The molecule has 0 saturated carbocycles. The molecule has 0 radical (unpaired) electrons. The lowest BCUT2D eigenvalue weighted by molar-refractivity contribution is 0.415. The predicted molar refractivity (Wildman–Crippen MR) is 98.6 cm³/mol. The second kappa shape index (κ2) is 8.30. The molecule has 0 saturated heterocycles. The topological polar surface area (TPSA) is 88.8 Å². The minimum atomic E-state index is -0.209. The van der Waals surface area contributed by atoms with Gasteiger partial charge < -0.3 is 15.8 Å². The van der Waals surface area contributed by atoms with Gasteiger partial charge in [0.1, 0.15) is 11.6 Å². The number of benzene rings is 2. The number of hydrogen-bond acceptors (Lipinski definition) is 5. The molecule has 0 amide bonds. The zero-order valence-electron chi connectivity index (χ0n) is 14.3. The molecule has 1 aromatic heterocycles. The SMILES string of the molecule is COc1cccc(NCCc2nc([C@H](N)Cc3ccccc3)n[nH]2)c1. The Hall–Kier alpha value is -2.86. The van der Waals surface area contributed by atoms with E-state index in [0.29, 0.717) is 5.82 Å². The molecule has 130 valence electrons. The van der Waals surface area contributed by atoms with Crippen LogP contribution in [0.1, 0.15) is 23.3 Å². The monoisotopic (exact) mass is 337 g/mol. The summed E-state index contributed by atoms with van der Waals surface area (Å²) in [4.78, 5) is 4.51. The molecule has 0 fully saturated rings. The van der Waals surface area contributed by atoms with Gasteiger partial charge in [0.2, 0.25) is 0 Å². The van der Waals surface area contributed by atoms with Crippen molar-refractivity contribution in [2.24, 2.45) is 5.73 Å². The highest BCUT2D eigenvalue weighted by molar-refractivity contribution is 5.48. The van der Waals surface area contributed by atoms with Crippen molar-refractivity contribution in [2.45, 2.75) is 18.9 Å². The first-order valence-electron chi connectivity index (χ1n) is 8.33. The third-order valence-corrected chi connectivity index (χ3v) is 3.94. The fraction of sp³-hybridized carbons (Fsp3) is 0.263. The zero-order chi connectivity index (χ0) is 17.5. The zero-order valence-corrected chi connectivity index (χ0v) is 14.3. The molecule has 1 atom stereocenters. The molecule has 1 heterocycles. The van der Waals surface area contributed by atoms with E-state index >= 15 is 0 Å². The van der Waals surface area contributed by atoms with Crippen LogP contribution < -0.4 is 15.8 Å². The van der Waals surface area contributed by atoms with Gasteiger partial charge in [-0.1, -0.05) is 36.4 Å². The summed E-state index contributed by atoms with van der Waals surface area (Å²) >= 11 is 0. The number of H-pyrrole nitrogens is 1. The van der Waals surface area contributed by atoms with Gasteiger partial charge in [-0.25, -0.2) is 4.98 Å². The smallest absolute Gasteiger partial charge is 0.167 e. The van der Waals surface area contributed by atoms with Crippen molar-refractivity contribution in [3.05, 3.63) is 71.8 Å². The summed E-state index contributed by atoms with van der Waals surface area (Å²) in [6.45, 7) is 0.746. The van der Waals surface area contributed by atoms with Crippen LogP contribution in [0.25, 0.3) is 0 Å². The van der Waals surface area contributed by atoms with E-state index in [2.05, 4.69) is 32.6 Å². The lowest BCUT2D eigenvalue weighted by Gasteiger charge is -2.07.